The zero-order valence-electron chi connectivity index (χ0n) is 12.8. The summed E-state index contributed by atoms with van der Waals surface area (Å²) in [6.45, 7) is 2.52. The van der Waals surface area contributed by atoms with Crippen molar-refractivity contribution in [3.8, 4) is 0 Å². The van der Waals surface area contributed by atoms with Gasteiger partial charge in [0.05, 0.1) is 12.2 Å². The maximum Gasteiger partial charge on any atom is 0.0575 e. The molecule has 0 spiro atoms. The average molecular weight is 278 g/mol. The molecule has 20 heavy (non-hydrogen) atoms. The van der Waals surface area contributed by atoms with E-state index >= 15 is 0 Å². The van der Waals surface area contributed by atoms with Crippen LogP contribution in [0.1, 0.15) is 64.7 Å². The molecule has 0 amide bonds. The Kier molecular flexibility index (Phi) is 3.20. The number of rotatable bonds is 0. The van der Waals surface area contributed by atoms with Crippen LogP contribution in [0.15, 0.2) is 0 Å². The number of aliphatic hydroxyl groups excluding tert-OH is 2. The van der Waals surface area contributed by atoms with Crippen LogP contribution in [0.25, 0.3) is 0 Å². The Labute approximate surface area is 123 Å². The molecule has 2 nitrogen and oxygen atoms in total. The summed E-state index contributed by atoms with van der Waals surface area (Å²) in [5.41, 5.74) is 0.585. The third-order valence-electron chi connectivity index (χ3n) is 7.76. The second kappa shape index (κ2) is 4.71. The molecular formula is C18H30O2. The highest BCUT2D eigenvalue weighted by Gasteiger charge is 2.55. The first-order valence-corrected chi connectivity index (χ1v) is 8.94. The van der Waals surface area contributed by atoms with Crippen LogP contribution in [0.4, 0.5) is 0 Å². The van der Waals surface area contributed by atoms with Gasteiger partial charge in [0.15, 0.2) is 0 Å². The predicted molar refractivity (Wildman–Crippen MR) is 79.1 cm³/mol. The Bertz CT molecular complexity index is 382. The maximum absolute atomic E-state index is 10.7. The molecule has 0 aliphatic heterocycles. The van der Waals surface area contributed by atoms with E-state index in [0.717, 1.165) is 43.4 Å². The van der Waals surface area contributed by atoms with Crippen LogP contribution in [-0.2, 0) is 0 Å². The topological polar surface area (TPSA) is 40.5 Å². The molecular weight excluding hydrogens is 248 g/mol. The molecule has 4 rings (SSSR count). The van der Waals surface area contributed by atoms with Crippen molar-refractivity contribution >= 4 is 0 Å². The van der Waals surface area contributed by atoms with Gasteiger partial charge < -0.3 is 10.2 Å². The highest BCUT2D eigenvalue weighted by atomic mass is 16.3. The van der Waals surface area contributed by atoms with E-state index in [2.05, 4.69) is 6.92 Å². The predicted octanol–water partition coefficient (Wildman–Crippen LogP) is 3.36. The molecule has 0 aromatic heterocycles. The highest BCUT2D eigenvalue weighted by Crippen LogP contribution is 2.62. The van der Waals surface area contributed by atoms with Crippen LogP contribution in [-0.4, -0.2) is 22.4 Å². The first-order valence-electron chi connectivity index (χ1n) is 8.94. The first-order chi connectivity index (χ1) is 9.58. The molecule has 114 valence electrons. The quantitative estimate of drug-likeness (QED) is 0.713. The minimum Gasteiger partial charge on any atom is -0.393 e. The molecule has 0 heterocycles. The molecule has 8 atom stereocenters. The SMILES string of the molecule is CC12CCCC1C1CC(O)C3CC(O)CCC3C1CC2. The second-order valence-corrected chi connectivity index (χ2v) is 8.62. The molecule has 8 unspecified atom stereocenters. The van der Waals surface area contributed by atoms with E-state index in [-0.39, 0.29) is 12.2 Å². The van der Waals surface area contributed by atoms with Crippen molar-refractivity contribution in [1.82, 2.24) is 0 Å². The summed E-state index contributed by atoms with van der Waals surface area (Å²) in [6, 6.07) is 0. The molecule has 0 bridgehead atoms. The molecule has 0 saturated heterocycles. The normalized spacial score (nSPS) is 58.6. The van der Waals surface area contributed by atoms with Crippen molar-refractivity contribution in [3.63, 3.8) is 0 Å². The summed E-state index contributed by atoms with van der Waals surface area (Å²) in [7, 11) is 0. The summed E-state index contributed by atoms with van der Waals surface area (Å²) < 4.78 is 0. The molecule has 4 saturated carbocycles. The van der Waals surface area contributed by atoms with E-state index in [9.17, 15) is 10.2 Å². The standard InChI is InChI=1S/C18H30O2/c1-18-7-2-3-16(18)14-10-17(20)15-9-11(19)4-5-12(15)13(14)6-8-18/h11-17,19-20H,2-10H2,1H3. The van der Waals surface area contributed by atoms with Gasteiger partial charge in [-0.05, 0) is 86.4 Å². The van der Waals surface area contributed by atoms with Gasteiger partial charge in [-0.2, -0.15) is 0 Å². The van der Waals surface area contributed by atoms with Gasteiger partial charge in [0.2, 0.25) is 0 Å². The lowest BCUT2D eigenvalue weighted by Crippen LogP contribution is -2.52. The zero-order valence-corrected chi connectivity index (χ0v) is 12.8. The van der Waals surface area contributed by atoms with E-state index in [1.54, 1.807) is 0 Å². The lowest BCUT2D eigenvalue weighted by molar-refractivity contribution is -0.121. The lowest BCUT2D eigenvalue weighted by Gasteiger charge is -2.56. The van der Waals surface area contributed by atoms with Gasteiger partial charge in [0, 0.05) is 0 Å². The average Bonchev–Trinajstić information content (AvgIpc) is 2.81. The Hall–Kier alpha value is -0.0800. The van der Waals surface area contributed by atoms with Crippen molar-refractivity contribution in [3.05, 3.63) is 0 Å². The maximum atomic E-state index is 10.7. The molecule has 0 radical (unpaired) electrons. The summed E-state index contributed by atoms with van der Waals surface area (Å²) in [6.07, 6.45) is 10.8. The van der Waals surface area contributed by atoms with Crippen molar-refractivity contribution in [2.75, 3.05) is 0 Å². The van der Waals surface area contributed by atoms with Crippen molar-refractivity contribution in [2.45, 2.75) is 76.9 Å². The smallest absolute Gasteiger partial charge is 0.0575 e. The van der Waals surface area contributed by atoms with E-state index in [1.807, 2.05) is 0 Å². The van der Waals surface area contributed by atoms with Crippen LogP contribution >= 0.6 is 0 Å². The van der Waals surface area contributed by atoms with Gasteiger partial charge in [0.25, 0.3) is 0 Å². The lowest BCUT2D eigenvalue weighted by atomic mass is 9.50. The fraction of sp³-hybridized carbons (Fsp3) is 1.00. The molecule has 4 aliphatic carbocycles. The fourth-order valence-corrected chi connectivity index (χ4v) is 6.81. The van der Waals surface area contributed by atoms with Gasteiger partial charge >= 0.3 is 0 Å². The van der Waals surface area contributed by atoms with Gasteiger partial charge in [0.1, 0.15) is 0 Å². The van der Waals surface area contributed by atoms with Crippen LogP contribution < -0.4 is 0 Å². The molecule has 4 aliphatic rings. The third kappa shape index (κ3) is 1.90. The fourth-order valence-electron chi connectivity index (χ4n) is 6.81. The second-order valence-electron chi connectivity index (χ2n) is 8.62. The van der Waals surface area contributed by atoms with Crippen molar-refractivity contribution in [1.29, 1.82) is 0 Å². The summed E-state index contributed by atoms with van der Waals surface area (Å²) in [5.74, 6) is 3.61. The largest absolute Gasteiger partial charge is 0.393 e. The van der Waals surface area contributed by atoms with E-state index < -0.39 is 0 Å². The Morgan fingerprint density at radius 2 is 1.60 bits per heavy atom. The summed E-state index contributed by atoms with van der Waals surface area (Å²) >= 11 is 0. The zero-order chi connectivity index (χ0) is 13.9. The summed E-state index contributed by atoms with van der Waals surface area (Å²) in [4.78, 5) is 0. The van der Waals surface area contributed by atoms with E-state index in [1.165, 1.54) is 32.1 Å². The molecule has 0 aromatic carbocycles. The Balaban J connectivity index is 1.60. The molecule has 2 N–H and O–H groups in total. The van der Waals surface area contributed by atoms with Crippen LogP contribution in [0.2, 0.25) is 0 Å². The highest BCUT2D eigenvalue weighted by molar-refractivity contribution is 5.05. The number of aliphatic hydroxyl groups is 2. The number of hydrogen-bond acceptors (Lipinski definition) is 2. The van der Waals surface area contributed by atoms with Gasteiger partial charge in [-0.1, -0.05) is 13.3 Å². The van der Waals surface area contributed by atoms with Crippen LogP contribution in [0.5, 0.6) is 0 Å². The van der Waals surface area contributed by atoms with Gasteiger partial charge in [-0.25, -0.2) is 0 Å². The Morgan fingerprint density at radius 1 is 0.800 bits per heavy atom. The minimum absolute atomic E-state index is 0.140. The van der Waals surface area contributed by atoms with Crippen molar-refractivity contribution in [2.24, 2.45) is 35.0 Å². The van der Waals surface area contributed by atoms with Crippen LogP contribution in [0.3, 0.4) is 0 Å². The number of fused-ring (bicyclic) bond motifs is 5. The van der Waals surface area contributed by atoms with Crippen molar-refractivity contribution < 1.29 is 10.2 Å². The Morgan fingerprint density at radius 3 is 2.45 bits per heavy atom. The van der Waals surface area contributed by atoms with E-state index in [4.69, 9.17) is 0 Å². The van der Waals surface area contributed by atoms with Gasteiger partial charge in [-0.15, -0.1) is 0 Å². The monoisotopic (exact) mass is 278 g/mol. The first kappa shape index (κ1) is 13.6. The minimum atomic E-state index is -0.150. The molecule has 0 aromatic rings. The molecule has 4 fully saturated rings. The van der Waals surface area contributed by atoms with Gasteiger partial charge in [-0.3, -0.25) is 0 Å². The van der Waals surface area contributed by atoms with Crippen LogP contribution in [0, 0.1) is 35.0 Å². The third-order valence-corrected chi connectivity index (χ3v) is 7.76. The summed E-state index contributed by atoms with van der Waals surface area (Å²) in [5, 5.41) is 20.6. The van der Waals surface area contributed by atoms with E-state index in [0.29, 0.717) is 17.3 Å². The number of hydrogen-bond donors (Lipinski definition) is 2. The molecule has 2 heteroatoms.